The van der Waals surface area contributed by atoms with Gasteiger partial charge < -0.3 is 4.42 Å². The molecule has 1 heterocycles. The van der Waals surface area contributed by atoms with Gasteiger partial charge in [0.15, 0.2) is 5.76 Å². The summed E-state index contributed by atoms with van der Waals surface area (Å²) < 4.78 is 5.74. The lowest BCUT2D eigenvalue weighted by molar-refractivity contribution is 0.0994. The molecule has 0 atom stereocenters. The van der Waals surface area contributed by atoms with Gasteiger partial charge in [-0.2, -0.15) is 11.8 Å². The number of thioether (sulfide) groups is 1. The fraction of sp³-hybridized carbons (Fsp3) is 0.471. The molecule has 3 rings (SSSR count). The van der Waals surface area contributed by atoms with Gasteiger partial charge >= 0.3 is 0 Å². The third-order valence-corrected chi connectivity index (χ3v) is 5.39. The molecule has 0 spiro atoms. The van der Waals surface area contributed by atoms with Crippen LogP contribution in [-0.2, 0) is 0 Å². The van der Waals surface area contributed by atoms with E-state index in [1.165, 1.54) is 32.1 Å². The molecule has 2 aromatic rings. The first-order chi connectivity index (χ1) is 9.74. The van der Waals surface area contributed by atoms with Crippen LogP contribution in [0.2, 0.25) is 0 Å². The minimum atomic E-state index is 0.121. The second-order valence-electron chi connectivity index (χ2n) is 5.60. The molecule has 3 heteroatoms. The third kappa shape index (κ3) is 2.93. The molecule has 2 nitrogen and oxygen atoms in total. The van der Waals surface area contributed by atoms with Gasteiger partial charge in [0.2, 0.25) is 5.78 Å². The van der Waals surface area contributed by atoms with Crippen LogP contribution in [0.4, 0.5) is 0 Å². The fourth-order valence-corrected chi connectivity index (χ4v) is 4.04. The van der Waals surface area contributed by atoms with Crippen LogP contribution in [0.1, 0.15) is 48.2 Å². The van der Waals surface area contributed by atoms with Crippen molar-refractivity contribution in [2.75, 3.05) is 5.75 Å². The van der Waals surface area contributed by atoms with Gasteiger partial charge in [-0.15, -0.1) is 0 Å². The molecule has 20 heavy (non-hydrogen) atoms. The van der Waals surface area contributed by atoms with E-state index in [-0.39, 0.29) is 5.78 Å². The predicted octanol–water partition coefficient (Wildman–Crippen LogP) is 4.99. The van der Waals surface area contributed by atoms with Crippen LogP contribution in [0.15, 0.2) is 28.7 Å². The average molecular weight is 288 g/mol. The molecule has 0 aliphatic heterocycles. The number of Topliss-reactive ketones (excluding diaryl/α,β-unsaturated/α-hetero) is 1. The number of carbonyl (C=O) groups excluding carboxylic acids is 1. The van der Waals surface area contributed by atoms with E-state index in [1.54, 1.807) is 11.8 Å². The summed E-state index contributed by atoms with van der Waals surface area (Å²) >= 11 is 1.80. The first kappa shape index (κ1) is 13.7. The molecule has 1 aromatic carbocycles. The first-order valence-electron chi connectivity index (χ1n) is 7.38. The number of furan rings is 1. The van der Waals surface area contributed by atoms with Gasteiger partial charge in [-0.3, -0.25) is 4.79 Å². The molecule has 1 aliphatic rings. The summed E-state index contributed by atoms with van der Waals surface area (Å²) in [5.74, 6) is 1.18. The van der Waals surface area contributed by atoms with E-state index < -0.39 is 0 Å². The van der Waals surface area contributed by atoms with Crippen molar-refractivity contribution in [2.45, 2.75) is 44.3 Å². The number of carbonyl (C=O) groups is 1. The first-order valence-corrected chi connectivity index (χ1v) is 8.43. The van der Waals surface area contributed by atoms with Gasteiger partial charge in [0.1, 0.15) is 5.58 Å². The van der Waals surface area contributed by atoms with E-state index in [1.807, 2.05) is 31.2 Å². The molecule has 0 N–H and O–H groups in total. The lowest BCUT2D eigenvalue weighted by Gasteiger charge is -2.20. The molecule has 0 amide bonds. The Bertz CT molecular complexity index is 608. The number of para-hydroxylation sites is 1. The minimum Gasteiger partial charge on any atom is -0.453 e. The van der Waals surface area contributed by atoms with E-state index in [0.717, 1.165) is 16.5 Å². The molecular formula is C17H20O2S. The smallest absolute Gasteiger partial charge is 0.207 e. The van der Waals surface area contributed by atoms with Gasteiger partial charge in [-0.25, -0.2) is 0 Å². The highest BCUT2D eigenvalue weighted by Crippen LogP contribution is 2.29. The van der Waals surface area contributed by atoms with Crippen molar-refractivity contribution in [3.05, 3.63) is 35.6 Å². The number of ketones is 1. The van der Waals surface area contributed by atoms with Crippen LogP contribution in [0.25, 0.3) is 11.0 Å². The van der Waals surface area contributed by atoms with E-state index in [4.69, 9.17) is 4.42 Å². The fourth-order valence-electron chi connectivity index (χ4n) is 2.84. The number of hydrogen-bond acceptors (Lipinski definition) is 3. The van der Waals surface area contributed by atoms with Crippen molar-refractivity contribution in [3.63, 3.8) is 0 Å². The zero-order chi connectivity index (χ0) is 13.9. The predicted molar refractivity (Wildman–Crippen MR) is 84.6 cm³/mol. The summed E-state index contributed by atoms with van der Waals surface area (Å²) in [5.41, 5.74) is 1.93. The Morgan fingerprint density at radius 1 is 1.30 bits per heavy atom. The number of aryl methyl sites for hydroxylation is 1. The topological polar surface area (TPSA) is 30.2 Å². The number of rotatable bonds is 4. The Morgan fingerprint density at radius 2 is 2.10 bits per heavy atom. The molecule has 106 valence electrons. The average Bonchev–Trinajstić information content (AvgIpc) is 2.91. The Balaban J connectivity index is 1.67. The molecule has 1 saturated carbocycles. The highest BCUT2D eigenvalue weighted by Gasteiger charge is 2.18. The van der Waals surface area contributed by atoms with Gasteiger partial charge in [-0.1, -0.05) is 37.5 Å². The Morgan fingerprint density at radius 3 is 2.85 bits per heavy atom. The zero-order valence-electron chi connectivity index (χ0n) is 11.9. The molecule has 0 saturated heterocycles. The van der Waals surface area contributed by atoms with Crippen molar-refractivity contribution in [2.24, 2.45) is 0 Å². The largest absolute Gasteiger partial charge is 0.453 e. The van der Waals surface area contributed by atoms with E-state index in [2.05, 4.69) is 0 Å². The molecule has 0 radical (unpaired) electrons. The van der Waals surface area contributed by atoms with E-state index in [0.29, 0.717) is 16.8 Å². The highest BCUT2D eigenvalue weighted by atomic mass is 32.2. The van der Waals surface area contributed by atoms with E-state index >= 15 is 0 Å². The summed E-state index contributed by atoms with van der Waals surface area (Å²) in [7, 11) is 0. The second kappa shape index (κ2) is 6.04. The molecule has 0 bridgehead atoms. The van der Waals surface area contributed by atoms with Crippen LogP contribution >= 0.6 is 11.8 Å². The Kier molecular flexibility index (Phi) is 4.16. The summed E-state index contributed by atoms with van der Waals surface area (Å²) in [6, 6.07) is 7.89. The lowest BCUT2D eigenvalue weighted by atomic mass is 10.0. The van der Waals surface area contributed by atoms with Crippen molar-refractivity contribution >= 4 is 28.5 Å². The minimum absolute atomic E-state index is 0.121. The SMILES string of the molecule is Cc1cccc2cc(C(=O)CSC3CCCCC3)oc12. The van der Waals surface area contributed by atoms with Crippen LogP contribution in [0, 0.1) is 6.92 Å². The van der Waals surface area contributed by atoms with Crippen molar-refractivity contribution in [1.82, 2.24) is 0 Å². The van der Waals surface area contributed by atoms with Crippen LogP contribution < -0.4 is 0 Å². The standard InChI is InChI=1S/C17H20O2S/c1-12-6-5-7-13-10-16(19-17(12)13)15(18)11-20-14-8-3-2-4-9-14/h5-7,10,14H,2-4,8-9,11H2,1H3. The monoisotopic (exact) mass is 288 g/mol. The number of benzene rings is 1. The van der Waals surface area contributed by atoms with Crippen LogP contribution in [0.5, 0.6) is 0 Å². The quantitative estimate of drug-likeness (QED) is 0.742. The number of fused-ring (bicyclic) bond motifs is 1. The maximum Gasteiger partial charge on any atom is 0.207 e. The summed E-state index contributed by atoms with van der Waals surface area (Å²) in [6.45, 7) is 2.01. The highest BCUT2D eigenvalue weighted by molar-refractivity contribution is 8.00. The molecule has 0 unspecified atom stereocenters. The molecule has 1 aromatic heterocycles. The lowest BCUT2D eigenvalue weighted by Crippen LogP contribution is -2.11. The Labute approximate surface area is 123 Å². The zero-order valence-corrected chi connectivity index (χ0v) is 12.7. The Hall–Kier alpha value is -1.22. The summed E-state index contributed by atoms with van der Waals surface area (Å²) in [6.07, 6.45) is 6.51. The van der Waals surface area contributed by atoms with Crippen molar-refractivity contribution in [1.29, 1.82) is 0 Å². The maximum atomic E-state index is 12.3. The summed E-state index contributed by atoms with van der Waals surface area (Å²) in [5, 5.41) is 1.69. The maximum absolute atomic E-state index is 12.3. The van der Waals surface area contributed by atoms with Crippen LogP contribution in [0.3, 0.4) is 0 Å². The normalized spacial score (nSPS) is 16.6. The van der Waals surface area contributed by atoms with Crippen LogP contribution in [-0.4, -0.2) is 16.8 Å². The summed E-state index contributed by atoms with van der Waals surface area (Å²) in [4.78, 5) is 12.3. The molecule has 1 aliphatic carbocycles. The van der Waals surface area contributed by atoms with Gasteiger partial charge in [0.05, 0.1) is 5.75 Å². The van der Waals surface area contributed by atoms with Gasteiger partial charge in [0.25, 0.3) is 0 Å². The van der Waals surface area contributed by atoms with Crippen molar-refractivity contribution < 1.29 is 9.21 Å². The number of hydrogen-bond donors (Lipinski definition) is 0. The van der Waals surface area contributed by atoms with Gasteiger partial charge in [-0.05, 0) is 31.4 Å². The molecule has 1 fully saturated rings. The van der Waals surface area contributed by atoms with E-state index in [9.17, 15) is 4.79 Å². The van der Waals surface area contributed by atoms with Crippen molar-refractivity contribution in [3.8, 4) is 0 Å². The molecular weight excluding hydrogens is 268 g/mol. The van der Waals surface area contributed by atoms with Gasteiger partial charge in [0, 0.05) is 10.6 Å². The second-order valence-corrected chi connectivity index (χ2v) is 6.89. The third-order valence-electron chi connectivity index (χ3n) is 4.02.